The predicted octanol–water partition coefficient (Wildman–Crippen LogP) is -0.0634. The highest BCUT2D eigenvalue weighted by Gasteiger charge is 2.24. The van der Waals surface area contributed by atoms with Gasteiger partial charge in [0.05, 0.1) is 17.2 Å². The average molecular weight is 360 g/mol. The monoisotopic (exact) mass is 360 g/mol. The van der Waals surface area contributed by atoms with Crippen LogP contribution in [-0.4, -0.2) is 65.8 Å². The molecule has 11 heteroatoms. The second kappa shape index (κ2) is 8.75. The van der Waals surface area contributed by atoms with E-state index in [4.69, 9.17) is 21.5 Å². The maximum Gasteiger partial charge on any atom is 0.294 e. The van der Waals surface area contributed by atoms with Gasteiger partial charge in [-0.15, -0.1) is 0 Å². The van der Waals surface area contributed by atoms with Crippen LogP contribution in [0.2, 0.25) is 0 Å². The summed E-state index contributed by atoms with van der Waals surface area (Å²) >= 11 is 0. The van der Waals surface area contributed by atoms with Gasteiger partial charge in [0.15, 0.2) is 5.84 Å². The van der Waals surface area contributed by atoms with Gasteiger partial charge >= 0.3 is 0 Å². The zero-order valence-electron chi connectivity index (χ0n) is 14.1. The lowest BCUT2D eigenvalue weighted by Gasteiger charge is -2.35. The Hall–Kier alpha value is -3.23. The fourth-order valence-corrected chi connectivity index (χ4v) is 2.63. The van der Waals surface area contributed by atoms with Crippen LogP contribution in [0.25, 0.3) is 0 Å². The summed E-state index contributed by atoms with van der Waals surface area (Å²) in [6.45, 7) is 3.35. The van der Waals surface area contributed by atoms with Crippen LogP contribution in [-0.2, 0) is 0 Å². The van der Waals surface area contributed by atoms with Gasteiger partial charge in [-0.2, -0.15) is 10.4 Å². The molecule has 0 saturated carbocycles. The van der Waals surface area contributed by atoms with Gasteiger partial charge in [0.2, 0.25) is 5.71 Å². The van der Waals surface area contributed by atoms with Crippen LogP contribution in [0, 0.1) is 26.9 Å². The number of benzene rings is 1. The summed E-state index contributed by atoms with van der Waals surface area (Å²) in [5.74, 6) is -0.494. The summed E-state index contributed by atoms with van der Waals surface area (Å²) in [4.78, 5) is 15.0. The summed E-state index contributed by atoms with van der Waals surface area (Å²) in [5, 5.41) is 40.1. The Morgan fingerprint density at radius 2 is 2.15 bits per heavy atom. The van der Waals surface area contributed by atoms with Gasteiger partial charge in [0.25, 0.3) is 5.69 Å². The van der Waals surface area contributed by atoms with Crippen molar-refractivity contribution in [1.82, 2.24) is 4.90 Å². The van der Waals surface area contributed by atoms with E-state index in [-0.39, 0.29) is 18.0 Å². The predicted molar refractivity (Wildman–Crippen MR) is 97.4 cm³/mol. The maximum absolute atomic E-state index is 11.5. The Kier molecular flexibility index (Phi) is 6.42. The molecule has 0 amide bonds. The van der Waals surface area contributed by atoms with Crippen molar-refractivity contribution in [3.05, 3.63) is 28.3 Å². The van der Waals surface area contributed by atoms with Crippen LogP contribution in [0.5, 0.6) is 0 Å². The molecular weight excluding hydrogens is 340 g/mol. The van der Waals surface area contributed by atoms with Gasteiger partial charge in [0.1, 0.15) is 11.8 Å². The summed E-state index contributed by atoms with van der Waals surface area (Å²) in [5.41, 5.74) is 8.13. The van der Waals surface area contributed by atoms with Gasteiger partial charge in [-0.25, -0.2) is 0 Å². The molecule has 26 heavy (non-hydrogen) atoms. The number of piperazine rings is 1. The molecule has 0 aliphatic carbocycles. The smallest absolute Gasteiger partial charge is 0.294 e. The highest BCUT2D eigenvalue weighted by Crippen LogP contribution is 2.31. The number of hydrogen-bond acceptors (Lipinski definition) is 9. The number of anilines is 2. The number of nitrogens with two attached hydrogens (primary N) is 1. The standard InChI is InChI=1S/C15H20N8O3/c16-10-12(15(17)18)20-19-11-1-2-13(14(9-11)23(25)26)22-5-3-21(4-6-22)7-8-24/h1-2,9,19,24H,3-8H2,(H3,17,18)/b20-12+. The average Bonchev–Trinajstić information content (AvgIpc) is 2.63. The van der Waals surface area contributed by atoms with Crippen LogP contribution in [0.3, 0.4) is 0 Å². The molecule has 138 valence electrons. The van der Waals surface area contributed by atoms with E-state index >= 15 is 0 Å². The lowest BCUT2D eigenvalue weighted by Crippen LogP contribution is -2.47. The number of β-amino-alcohol motifs (C(OH)–C–C–N with tert-alkyl or cyclic N) is 1. The van der Waals surface area contributed by atoms with E-state index in [1.165, 1.54) is 6.07 Å². The number of nitriles is 1. The molecule has 1 aromatic carbocycles. The first kappa shape index (κ1) is 19.1. The van der Waals surface area contributed by atoms with Gasteiger partial charge in [0, 0.05) is 38.8 Å². The van der Waals surface area contributed by atoms with Crippen LogP contribution in [0.15, 0.2) is 23.3 Å². The Bertz CT molecular complexity index is 750. The van der Waals surface area contributed by atoms with E-state index in [0.717, 1.165) is 0 Å². The van der Waals surface area contributed by atoms with Crippen molar-refractivity contribution in [3.63, 3.8) is 0 Å². The molecule has 0 spiro atoms. The zero-order chi connectivity index (χ0) is 19.1. The Balaban J connectivity index is 2.18. The molecule has 1 heterocycles. The molecule has 1 aliphatic heterocycles. The second-order valence-corrected chi connectivity index (χ2v) is 5.61. The third-order valence-corrected chi connectivity index (χ3v) is 3.96. The molecule has 0 radical (unpaired) electrons. The number of nitro benzene ring substituents is 1. The summed E-state index contributed by atoms with van der Waals surface area (Å²) < 4.78 is 0. The van der Waals surface area contributed by atoms with E-state index in [9.17, 15) is 10.1 Å². The number of nitro groups is 1. The minimum atomic E-state index is -0.494. The third-order valence-electron chi connectivity index (χ3n) is 3.96. The fourth-order valence-electron chi connectivity index (χ4n) is 2.63. The molecule has 1 fully saturated rings. The first-order valence-electron chi connectivity index (χ1n) is 7.91. The SMILES string of the molecule is N#C/C(=N\Nc1ccc(N2CCN(CCO)CC2)c([N+](=O)[O-])c1)C(=N)N. The highest BCUT2D eigenvalue weighted by molar-refractivity contribution is 6.45. The molecule has 2 rings (SSSR count). The number of nitrogens with zero attached hydrogens (tertiary/aromatic N) is 5. The van der Waals surface area contributed by atoms with Crippen LogP contribution in [0.4, 0.5) is 17.1 Å². The Morgan fingerprint density at radius 1 is 1.46 bits per heavy atom. The van der Waals surface area contributed by atoms with Gasteiger partial charge in [-0.3, -0.25) is 25.8 Å². The first-order chi connectivity index (χ1) is 12.5. The van der Waals surface area contributed by atoms with Gasteiger partial charge in [-0.05, 0) is 12.1 Å². The second-order valence-electron chi connectivity index (χ2n) is 5.61. The van der Waals surface area contributed by atoms with Crippen molar-refractivity contribution >= 4 is 28.6 Å². The lowest BCUT2D eigenvalue weighted by molar-refractivity contribution is -0.384. The molecule has 1 saturated heterocycles. The number of nitrogens with one attached hydrogen (secondary N) is 2. The number of amidine groups is 1. The van der Waals surface area contributed by atoms with E-state index in [1.54, 1.807) is 18.2 Å². The van der Waals surface area contributed by atoms with Gasteiger partial charge < -0.3 is 15.7 Å². The van der Waals surface area contributed by atoms with Crippen LogP contribution < -0.4 is 16.1 Å². The quantitative estimate of drug-likeness (QED) is 0.227. The fraction of sp³-hybridized carbons (Fsp3) is 0.400. The number of aliphatic hydroxyl groups excluding tert-OH is 1. The van der Waals surface area contributed by atoms with Crippen LogP contribution in [0.1, 0.15) is 0 Å². The largest absolute Gasteiger partial charge is 0.395 e. The zero-order valence-corrected chi connectivity index (χ0v) is 14.1. The molecule has 11 nitrogen and oxygen atoms in total. The minimum absolute atomic E-state index is 0.0814. The third kappa shape index (κ3) is 4.65. The Morgan fingerprint density at radius 3 is 2.69 bits per heavy atom. The van der Waals surface area contributed by atoms with E-state index in [0.29, 0.717) is 44.1 Å². The summed E-state index contributed by atoms with van der Waals surface area (Å²) in [6.07, 6.45) is 0. The van der Waals surface area contributed by atoms with Crippen molar-refractivity contribution in [2.75, 3.05) is 49.7 Å². The molecule has 1 aromatic rings. The molecule has 5 N–H and O–H groups in total. The van der Waals surface area contributed by atoms with Gasteiger partial charge in [-0.1, -0.05) is 0 Å². The van der Waals surface area contributed by atoms with Crippen molar-refractivity contribution in [3.8, 4) is 6.07 Å². The van der Waals surface area contributed by atoms with Crippen molar-refractivity contribution in [2.24, 2.45) is 10.8 Å². The van der Waals surface area contributed by atoms with Crippen LogP contribution >= 0.6 is 0 Å². The summed E-state index contributed by atoms with van der Waals surface area (Å²) in [7, 11) is 0. The van der Waals surface area contributed by atoms with Crippen molar-refractivity contribution in [1.29, 1.82) is 10.7 Å². The molecular formula is C15H20N8O3. The first-order valence-corrected chi connectivity index (χ1v) is 7.91. The van der Waals surface area contributed by atoms with Crippen molar-refractivity contribution < 1.29 is 10.0 Å². The molecule has 0 unspecified atom stereocenters. The molecule has 0 atom stereocenters. The topological polar surface area (TPSA) is 168 Å². The minimum Gasteiger partial charge on any atom is -0.395 e. The van der Waals surface area contributed by atoms with Crippen molar-refractivity contribution in [2.45, 2.75) is 0 Å². The molecule has 0 aromatic heterocycles. The number of hydrogen-bond donors (Lipinski definition) is 4. The molecule has 0 bridgehead atoms. The molecule has 1 aliphatic rings. The van der Waals surface area contributed by atoms with E-state index in [1.807, 2.05) is 4.90 Å². The van der Waals surface area contributed by atoms with E-state index in [2.05, 4.69) is 15.4 Å². The normalized spacial score (nSPS) is 15.4. The lowest BCUT2D eigenvalue weighted by atomic mass is 10.2. The number of rotatable bonds is 7. The maximum atomic E-state index is 11.5. The number of hydrazone groups is 1. The Labute approximate surface area is 150 Å². The highest BCUT2D eigenvalue weighted by atomic mass is 16.6. The number of aliphatic hydroxyl groups is 1. The summed E-state index contributed by atoms with van der Waals surface area (Å²) in [6, 6.07) is 6.22. The van der Waals surface area contributed by atoms with E-state index < -0.39 is 10.8 Å².